The molecule has 0 saturated carbocycles. The second kappa shape index (κ2) is 1.84. The lowest BCUT2D eigenvalue weighted by Crippen LogP contribution is -2.24. The number of nitriles is 1. The number of hydrogen-bond donors (Lipinski definition) is 2. The predicted molar refractivity (Wildman–Crippen MR) is 30.0 cm³/mol. The highest BCUT2D eigenvalue weighted by molar-refractivity contribution is 6.20. The summed E-state index contributed by atoms with van der Waals surface area (Å²) in [7, 11) is 0. The second-order valence-corrected chi connectivity index (χ2v) is 1.68. The van der Waals surface area contributed by atoms with E-state index in [9.17, 15) is 9.59 Å². The van der Waals surface area contributed by atoms with E-state index in [2.05, 4.69) is 0 Å². The normalized spacial score (nSPS) is 17.1. The minimum Gasteiger partial charge on any atom is -0.393 e. The number of nitrogens with zero attached hydrogens (tertiary/aromatic N) is 1. The molecule has 0 unspecified atom stereocenters. The lowest BCUT2D eigenvalue weighted by atomic mass is 10.3. The minimum atomic E-state index is -0.718. The molecule has 0 radical (unpaired) electrons. The summed E-state index contributed by atoms with van der Waals surface area (Å²) in [4.78, 5) is 21.0. The van der Waals surface area contributed by atoms with Crippen LogP contribution in [0.2, 0.25) is 0 Å². The van der Waals surface area contributed by atoms with E-state index < -0.39 is 11.8 Å². The first-order valence-electron chi connectivity index (χ1n) is 2.42. The van der Waals surface area contributed by atoms with Crippen LogP contribution in [0.15, 0.2) is 11.3 Å². The highest BCUT2D eigenvalue weighted by Gasteiger charge is 2.27. The Kier molecular flexibility index (Phi) is 1.16. The molecule has 50 valence electrons. The summed E-state index contributed by atoms with van der Waals surface area (Å²) < 4.78 is 0. The zero-order chi connectivity index (χ0) is 7.72. The van der Waals surface area contributed by atoms with E-state index in [1.807, 2.05) is 5.32 Å². The van der Waals surface area contributed by atoms with Crippen molar-refractivity contribution in [3.05, 3.63) is 11.3 Å². The molecule has 3 N–H and O–H groups in total. The highest BCUT2D eigenvalue weighted by Crippen LogP contribution is 2.04. The molecule has 1 rings (SSSR count). The lowest BCUT2D eigenvalue weighted by Gasteiger charge is -1.84. The van der Waals surface area contributed by atoms with Crippen molar-refractivity contribution in [2.45, 2.75) is 0 Å². The largest absolute Gasteiger partial charge is 0.393 e. The molecule has 10 heavy (non-hydrogen) atoms. The summed E-state index contributed by atoms with van der Waals surface area (Å²) in [6.45, 7) is 0. The summed E-state index contributed by atoms with van der Waals surface area (Å²) in [5, 5.41) is 10.1. The number of carbonyl (C=O) groups is 2. The Hall–Kier alpha value is -1.83. The maximum Gasteiger partial charge on any atom is 0.275 e. The summed E-state index contributed by atoms with van der Waals surface area (Å²) in [5.41, 5.74) is 4.45. The average Bonchev–Trinajstić information content (AvgIpc) is 2.09. The Morgan fingerprint density at radius 2 is 2.00 bits per heavy atom. The molecule has 0 saturated heterocycles. The van der Waals surface area contributed by atoms with E-state index in [0.29, 0.717) is 0 Å². The van der Waals surface area contributed by atoms with Crippen LogP contribution in [-0.2, 0) is 9.59 Å². The molecule has 1 aliphatic heterocycles. The van der Waals surface area contributed by atoms with Gasteiger partial charge in [0.15, 0.2) is 0 Å². The quantitative estimate of drug-likeness (QED) is 0.392. The molecule has 0 fully saturated rings. The Morgan fingerprint density at radius 3 is 2.20 bits per heavy atom. The predicted octanol–water partition coefficient (Wildman–Crippen LogP) is -1.62. The van der Waals surface area contributed by atoms with Crippen molar-refractivity contribution in [3.63, 3.8) is 0 Å². The third kappa shape index (κ3) is 0.631. The topological polar surface area (TPSA) is 96.0 Å². The molecular formula is C5H3N3O2. The molecule has 0 atom stereocenters. The fraction of sp³-hybridized carbons (Fsp3) is 0. The lowest BCUT2D eigenvalue weighted by molar-refractivity contribution is -0.124. The van der Waals surface area contributed by atoms with Gasteiger partial charge >= 0.3 is 0 Å². The molecule has 0 aromatic carbocycles. The monoisotopic (exact) mass is 137 g/mol. The summed E-state index contributed by atoms with van der Waals surface area (Å²) in [6, 6.07) is 1.52. The molecule has 0 aromatic rings. The molecule has 5 heteroatoms. The van der Waals surface area contributed by atoms with Gasteiger partial charge in [0.05, 0.1) is 0 Å². The number of carbonyl (C=O) groups excluding carboxylic acids is 2. The van der Waals surface area contributed by atoms with Gasteiger partial charge in [0, 0.05) is 0 Å². The van der Waals surface area contributed by atoms with E-state index in [1.165, 1.54) is 6.07 Å². The van der Waals surface area contributed by atoms with Gasteiger partial charge in [-0.25, -0.2) is 0 Å². The van der Waals surface area contributed by atoms with Gasteiger partial charge in [-0.1, -0.05) is 0 Å². The highest BCUT2D eigenvalue weighted by atomic mass is 16.2. The van der Waals surface area contributed by atoms with E-state index in [-0.39, 0.29) is 11.3 Å². The molecule has 2 amide bonds. The Labute approximate surface area is 56.1 Å². The SMILES string of the molecule is N#CC1=C(N)C(=O)NC1=O. The van der Waals surface area contributed by atoms with Gasteiger partial charge in [-0.15, -0.1) is 0 Å². The van der Waals surface area contributed by atoms with Gasteiger partial charge in [0.1, 0.15) is 17.3 Å². The van der Waals surface area contributed by atoms with Crippen molar-refractivity contribution in [2.75, 3.05) is 0 Å². The number of rotatable bonds is 0. The molecule has 0 aromatic heterocycles. The van der Waals surface area contributed by atoms with Crippen LogP contribution in [0.25, 0.3) is 0 Å². The minimum absolute atomic E-state index is 0.299. The molecule has 5 nitrogen and oxygen atoms in total. The Balaban J connectivity index is 3.17. The first-order chi connectivity index (χ1) is 4.66. The van der Waals surface area contributed by atoms with Crippen molar-refractivity contribution < 1.29 is 9.59 Å². The number of amides is 2. The number of nitrogens with one attached hydrogen (secondary N) is 1. The average molecular weight is 137 g/mol. The number of hydrogen-bond acceptors (Lipinski definition) is 4. The van der Waals surface area contributed by atoms with Gasteiger partial charge < -0.3 is 5.73 Å². The van der Waals surface area contributed by atoms with E-state index in [0.717, 1.165) is 0 Å². The molecule has 0 spiro atoms. The van der Waals surface area contributed by atoms with E-state index >= 15 is 0 Å². The summed E-state index contributed by atoms with van der Waals surface area (Å²) in [6.07, 6.45) is 0. The fourth-order valence-corrected chi connectivity index (χ4v) is 0.580. The summed E-state index contributed by atoms with van der Waals surface area (Å²) >= 11 is 0. The third-order valence-electron chi connectivity index (χ3n) is 1.08. The van der Waals surface area contributed by atoms with E-state index in [1.54, 1.807) is 0 Å². The van der Waals surface area contributed by atoms with Gasteiger partial charge in [0.25, 0.3) is 11.8 Å². The Bertz CT molecular complexity index is 284. The van der Waals surface area contributed by atoms with Gasteiger partial charge in [-0.05, 0) is 0 Å². The zero-order valence-corrected chi connectivity index (χ0v) is 4.84. The standard InChI is InChI=1S/C5H3N3O2/c6-1-2-3(7)5(10)8-4(2)9/h(H3,7,8,9,10). The van der Waals surface area contributed by atoms with Crippen LogP contribution in [0.1, 0.15) is 0 Å². The third-order valence-corrected chi connectivity index (χ3v) is 1.08. The van der Waals surface area contributed by atoms with Crippen molar-refractivity contribution >= 4 is 11.8 Å². The molecule has 0 aliphatic carbocycles. The van der Waals surface area contributed by atoms with Gasteiger partial charge in [0.2, 0.25) is 0 Å². The summed E-state index contributed by atoms with van der Waals surface area (Å²) in [5.74, 6) is -1.41. The van der Waals surface area contributed by atoms with Gasteiger partial charge in [-0.3, -0.25) is 14.9 Å². The van der Waals surface area contributed by atoms with E-state index in [4.69, 9.17) is 11.0 Å². The molecule has 1 aliphatic rings. The smallest absolute Gasteiger partial charge is 0.275 e. The molecule has 1 heterocycles. The molecular weight excluding hydrogens is 134 g/mol. The maximum absolute atomic E-state index is 10.5. The van der Waals surface area contributed by atoms with Gasteiger partial charge in [-0.2, -0.15) is 5.26 Å². The van der Waals surface area contributed by atoms with Crippen LogP contribution in [0, 0.1) is 11.3 Å². The van der Waals surface area contributed by atoms with Crippen LogP contribution < -0.4 is 11.1 Å². The van der Waals surface area contributed by atoms with Crippen LogP contribution in [0.4, 0.5) is 0 Å². The van der Waals surface area contributed by atoms with Crippen molar-refractivity contribution in [1.82, 2.24) is 5.32 Å². The van der Waals surface area contributed by atoms with Crippen LogP contribution in [0.5, 0.6) is 0 Å². The number of nitrogens with two attached hydrogens (primary N) is 1. The molecule has 0 bridgehead atoms. The first-order valence-corrected chi connectivity index (χ1v) is 2.42. The van der Waals surface area contributed by atoms with Crippen LogP contribution >= 0.6 is 0 Å². The van der Waals surface area contributed by atoms with Crippen LogP contribution in [-0.4, -0.2) is 11.8 Å². The van der Waals surface area contributed by atoms with Crippen molar-refractivity contribution in [1.29, 1.82) is 5.26 Å². The first kappa shape index (κ1) is 6.29. The van der Waals surface area contributed by atoms with Crippen molar-refractivity contribution in [2.24, 2.45) is 5.73 Å². The fourth-order valence-electron chi connectivity index (χ4n) is 0.580. The Morgan fingerprint density at radius 1 is 1.40 bits per heavy atom. The van der Waals surface area contributed by atoms with Crippen LogP contribution in [0.3, 0.4) is 0 Å². The van der Waals surface area contributed by atoms with Crippen molar-refractivity contribution in [3.8, 4) is 6.07 Å². The maximum atomic E-state index is 10.5. The second-order valence-electron chi connectivity index (χ2n) is 1.68. The number of imide groups is 1. The zero-order valence-electron chi connectivity index (χ0n) is 4.84.